The molecule has 10 heteroatoms. The van der Waals surface area contributed by atoms with Gasteiger partial charge < -0.3 is 19.1 Å². The van der Waals surface area contributed by atoms with Crippen LogP contribution in [0.25, 0.3) is 5.69 Å². The number of carbonyl (C=O) groups excluding carboxylic acids is 1. The Hall–Kier alpha value is -4.73. The van der Waals surface area contributed by atoms with Crippen LogP contribution in [0.4, 0.5) is 14.6 Å². The van der Waals surface area contributed by atoms with Gasteiger partial charge in [-0.25, -0.2) is 18.6 Å². The second kappa shape index (κ2) is 13.3. The zero-order chi connectivity index (χ0) is 30.4. The molecule has 0 bridgehead atoms. The van der Waals surface area contributed by atoms with E-state index >= 15 is 0 Å². The maximum atomic E-state index is 14.1. The van der Waals surface area contributed by atoms with Gasteiger partial charge in [0.1, 0.15) is 24.5 Å². The fraction of sp³-hybridized carbons (Fsp3) is 0.281. The summed E-state index contributed by atoms with van der Waals surface area (Å²) in [6, 6.07) is 17.9. The number of aryl methyl sites for hydroxylation is 2. The first-order valence-corrected chi connectivity index (χ1v) is 13.2. The highest BCUT2D eigenvalue weighted by atomic mass is 19.2. The number of halogens is 2. The molecule has 0 aliphatic rings. The van der Waals surface area contributed by atoms with Crippen LogP contribution in [0.15, 0.2) is 71.8 Å². The Bertz CT molecular complexity index is 1530. The topological polar surface area (TPSA) is 82.9 Å². The lowest BCUT2D eigenvalue weighted by Gasteiger charge is -2.26. The number of hydrogen-bond donors (Lipinski definition) is 0. The maximum Gasteiger partial charge on any atom is 0.347 e. The van der Waals surface area contributed by atoms with Crippen LogP contribution in [0.5, 0.6) is 11.5 Å². The van der Waals surface area contributed by atoms with Crippen molar-refractivity contribution in [3.8, 4) is 17.2 Å². The summed E-state index contributed by atoms with van der Waals surface area (Å²) in [5.41, 5.74) is 2.54. The summed E-state index contributed by atoms with van der Waals surface area (Å²) in [6.45, 7) is 2.84. The summed E-state index contributed by atoms with van der Waals surface area (Å²) in [7, 11) is 4.37. The van der Waals surface area contributed by atoms with Crippen LogP contribution in [0, 0.1) is 13.8 Å². The molecule has 0 spiro atoms. The van der Waals surface area contributed by atoms with Gasteiger partial charge in [0.05, 0.1) is 27.0 Å². The molecule has 0 aliphatic carbocycles. The molecule has 220 valence electrons. The van der Waals surface area contributed by atoms with E-state index in [2.05, 4.69) is 4.98 Å². The molecule has 0 saturated carbocycles. The number of methoxy groups -OCH3 is 3. The number of benzene rings is 3. The predicted molar refractivity (Wildman–Crippen MR) is 156 cm³/mol. The van der Waals surface area contributed by atoms with Crippen molar-refractivity contribution >= 4 is 11.8 Å². The largest absolute Gasteiger partial charge is 0.497 e. The van der Waals surface area contributed by atoms with Crippen molar-refractivity contribution in [3.05, 3.63) is 111 Å². The highest BCUT2D eigenvalue weighted by molar-refractivity contribution is 5.94. The average Bonchev–Trinajstić information content (AvgIpc) is 3.00. The second-order valence-corrected chi connectivity index (χ2v) is 9.79. The minimum atomic E-state index is -1.77. The number of carbonyl (C=O) groups is 1. The molecule has 0 saturated heterocycles. The van der Waals surface area contributed by atoms with E-state index in [1.807, 2.05) is 53.4 Å². The molecule has 42 heavy (non-hydrogen) atoms. The third-order valence-electron chi connectivity index (χ3n) is 6.96. The first-order valence-electron chi connectivity index (χ1n) is 13.2. The fourth-order valence-electron chi connectivity index (χ4n) is 4.87. The van der Waals surface area contributed by atoms with Crippen LogP contribution in [0.2, 0.25) is 0 Å². The lowest BCUT2D eigenvalue weighted by atomic mass is 10.0. The van der Waals surface area contributed by atoms with Crippen LogP contribution in [-0.4, -0.2) is 43.5 Å². The Morgan fingerprint density at radius 2 is 1.40 bits per heavy atom. The van der Waals surface area contributed by atoms with Crippen molar-refractivity contribution in [2.24, 2.45) is 0 Å². The molecule has 1 heterocycles. The monoisotopic (exact) mass is 577 g/mol. The van der Waals surface area contributed by atoms with E-state index in [-0.39, 0.29) is 16.9 Å². The zero-order valence-electron chi connectivity index (χ0n) is 24.2. The van der Waals surface area contributed by atoms with Crippen LogP contribution in [0.1, 0.15) is 44.3 Å². The number of anilines is 1. The van der Waals surface area contributed by atoms with Gasteiger partial charge in [0, 0.05) is 13.1 Å². The lowest BCUT2D eigenvalue weighted by molar-refractivity contribution is 0.0598. The van der Waals surface area contributed by atoms with Gasteiger partial charge in [-0.1, -0.05) is 36.4 Å². The van der Waals surface area contributed by atoms with E-state index in [4.69, 9.17) is 14.2 Å². The Kier molecular flexibility index (Phi) is 9.57. The number of rotatable bonds is 11. The highest BCUT2D eigenvalue weighted by Gasteiger charge is 2.26. The second-order valence-electron chi connectivity index (χ2n) is 9.79. The van der Waals surface area contributed by atoms with E-state index in [0.717, 1.165) is 11.1 Å². The van der Waals surface area contributed by atoms with Gasteiger partial charge in [-0.15, -0.1) is 0 Å². The smallest absolute Gasteiger partial charge is 0.347 e. The van der Waals surface area contributed by atoms with Crippen molar-refractivity contribution in [1.29, 1.82) is 0 Å². The van der Waals surface area contributed by atoms with Crippen molar-refractivity contribution in [3.63, 3.8) is 0 Å². The molecule has 4 aromatic rings. The van der Waals surface area contributed by atoms with Crippen LogP contribution in [0.3, 0.4) is 0 Å². The lowest BCUT2D eigenvalue weighted by Crippen LogP contribution is -2.33. The Labute approximate surface area is 243 Å². The summed E-state index contributed by atoms with van der Waals surface area (Å²) in [4.78, 5) is 33.5. The molecule has 0 amide bonds. The Morgan fingerprint density at radius 3 is 1.83 bits per heavy atom. The van der Waals surface area contributed by atoms with Gasteiger partial charge in [0.2, 0.25) is 0 Å². The SMILES string of the molecule is COC(=O)c1c(N(Cc2ccc(OC)cc2)Cc2ccc(OC)cc2)ncn(-c2c(C)cc(C(F)CF)cc2C)c1=O. The third-order valence-corrected chi connectivity index (χ3v) is 6.96. The van der Waals surface area contributed by atoms with Crippen LogP contribution < -0.4 is 19.9 Å². The minimum Gasteiger partial charge on any atom is -0.497 e. The first kappa shape index (κ1) is 30.2. The van der Waals surface area contributed by atoms with Gasteiger partial charge in [-0.3, -0.25) is 9.36 Å². The number of nitrogens with zero attached hydrogens (tertiary/aromatic N) is 3. The quantitative estimate of drug-likeness (QED) is 0.207. The van der Waals surface area contributed by atoms with Gasteiger partial charge in [-0.2, -0.15) is 0 Å². The normalized spacial score (nSPS) is 11.6. The van der Waals surface area contributed by atoms with Gasteiger partial charge in [0.25, 0.3) is 5.56 Å². The van der Waals surface area contributed by atoms with Crippen molar-refractivity contribution in [1.82, 2.24) is 9.55 Å². The number of aromatic nitrogens is 2. The van der Waals surface area contributed by atoms with Crippen molar-refractivity contribution in [2.45, 2.75) is 33.1 Å². The molecule has 1 atom stereocenters. The van der Waals surface area contributed by atoms with E-state index in [9.17, 15) is 18.4 Å². The van der Waals surface area contributed by atoms with E-state index < -0.39 is 24.4 Å². The minimum absolute atomic E-state index is 0.142. The summed E-state index contributed by atoms with van der Waals surface area (Å²) >= 11 is 0. The molecule has 1 unspecified atom stereocenters. The van der Waals surface area contributed by atoms with Gasteiger partial charge in [-0.05, 0) is 65.9 Å². The molecule has 0 fully saturated rings. The van der Waals surface area contributed by atoms with Crippen LogP contribution >= 0.6 is 0 Å². The number of esters is 1. The molecule has 3 aromatic carbocycles. The van der Waals surface area contributed by atoms with Gasteiger partial charge >= 0.3 is 5.97 Å². The van der Waals surface area contributed by atoms with Crippen LogP contribution in [-0.2, 0) is 17.8 Å². The van der Waals surface area contributed by atoms with Gasteiger partial charge in [0.15, 0.2) is 17.6 Å². The fourth-order valence-corrected chi connectivity index (χ4v) is 4.87. The molecule has 0 radical (unpaired) electrons. The van der Waals surface area contributed by atoms with Crippen molar-refractivity contribution < 1.29 is 27.8 Å². The molecule has 0 aliphatic heterocycles. The predicted octanol–water partition coefficient (Wildman–Crippen LogP) is 5.84. The summed E-state index contributed by atoms with van der Waals surface area (Å²) in [6.07, 6.45) is -0.431. The van der Waals surface area contributed by atoms with E-state index in [1.165, 1.54) is 30.1 Å². The third kappa shape index (κ3) is 6.43. The van der Waals surface area contributed by atoms with E-state index in [0.29, 0.717) is 41.4 Å². The molecule has 1 aromatic heterocycles. The molecule has 0 N–H and O–H groups in total. The first-order chi connectivity index (χ1) is 20.2. The Balaban J connectivity index is 1.86. The maximum absolute atomic E-state index is 14.1. The summed E-state index contributed by atoms with van der Waals surface area (Å²) < 4.78 is 43.9. The highest BCUT2D eigenvalue weighted by Crippen LogP contribution is 2.28. The summed E-state index contributed by atoms with van der Waals surface area (Å²) in [5, 5.41) is 0. The standard InChI is InChI=1S/C32H33F2N3O5/c1-20-14-24(27(34)16-33)15-21(2)29(20)37-19-35-30(28(31(37)38)32(39)42-5)36(17-22-6-10-25(40-3)11-7-22)18-23-8-12-26(41-4)13-9-23/h6-15,19,27H,16-18H2,1-5H3. The molecular weight excluding hydrogens is 544 g/mol. The number of ether oxygens (including phenoxy) is 3. The average molecular weight is 578 g/mol. The van der Waals surface area contributed by atoms with E-state index in [1.54, 1.807) is 28.1 Å². The van der Waals surface area contributed by atoms with Crippen molar-refractivity contribution in [2.75, 3.05) is 32.9 Å². The zero-order valence-corrected chi connectivity index (χ0v) is 24.2. The number of hydrogen-bond acceptors (Lipinski definition) is 7. The summed E-state index contributed by atoms with van der Waals surface area (Å²) in [5.74, 6) is 0.681. The molecule has 4 rings (SSSR count). The number of alkyl halides is 2. The molecular formula is C32H33F2N3O5. The Morgan fingerprint density at radius 1 is 0.905 bits per heavy atom. The molecule has 8 nitrogen and oxygen atoms in total.